The van der Waals surface area contributed by atoms with Crippen molar-refractivity contribution in [3.8, 4) is 0 Å². The van der Waals surface area contributed by atoms with Gasteiger partial charge in [-0.15, -0.1) is 0 Å². The molecule has 1 aromatic carbocycles. The smallest absolute Gasteiger partial charge is 0.327 e. The molecule has 12 heteroatoms. The highest BCUT2D eigenvalue weighted by Gasteiger charge is 2.29. The molecule has 0 aliphatic carbocycles. The number of carbonyl (C=O) groups is 4. The molecule has 0 aliphatic heterocycles. The van der Waals surface area contributed by atoms with Crippen molar-refractivity contribution in [1.82, 2.24) is 20.9 Å². The topological polar surface area (TPSA) is 192 Å². The van der Waals surface area contributed by atoms with Crippen LogP contribution in [0.1, 0.15) is 24.8 Å². The Labute approximate surface area is 202 Å². The number of aliphatic carboxylic acids is 1. The zero-order valence-electron chi connectivity index (χ0n) is 18.8. The number of fused-ring (bicyclic) bond motifs is 1. The minimum atomic E-state index is -1.23. The van der Waals surface area contributed by atoms with Crippen LogP contribution in [-0.4, -0.2) is 70.7 Å². The minimum Gasteiger partial charge on any atom is -0.480 e. The molecule has 9 N–H and O–H groups in total. The number of carbonyl (C=O) groups excluding carboxylic acids is 3. The number of hydrogen-bond acceptors (Lipinski definition) is 7. The van der Waals surface area contributed by atoms with Crippen LogP contribution in [0.2, 0.25) is 0 Å². The van der Waals surface area contributed by atoms with Crippen LogP contribution in [0, 0.1) is 0 Å². The van der Waals surface area contributed by atoms with Gasteiger partial charge in [0.05, 0.1) is 6.54 Å². The van der Waals surface area contributed by atoms with Gasteiger partial charge in [-0.25, -0.2) is 4.79 Å². The molecule has 0 fully saturated rings. The highest BCUT2D eigenvalue weighted by Crippen LogP contribution is 2.19. The second kappa shape index (κ2) is 13.6. The van der Waals surface area contributed by atoms with E-state index in [4.69, 9.17) is 11.5 Å². The lowest BCUT2D eigenvalue weighted by Gasteiger charge is -2.24. The molecule has 0 aliphatic rings. The van der Waals surface area contributed by atoms with E-state index in [0.717, 1.165) is 16.5 Å². The standard InChI is InChI=1S/C22H32N6O5S/c23-8-4-3-7-16(20(30)28-18(12-34)22(32)33)27-21(31)17(26-19(29)10-24)9-13-11-25-15-6-2-1-5-14(13)15/h1-2,5-6,11,16-18,25,34H,3-4,7-10,12,23-24H2,(H,26,29)(H,27,31)(H,28,30)(H,32,33). The zero-order valence-corrected chi connectivity index (χ0v) is 19.6. The van der Waals surface area contributed by atoms with Crippen molar-refractivity contribution >= 4 is 47.2 Å². The lowest BCUT2D eigenvalue weighted by molar-refractivity contribution is -0.141. The maximum atomic E-state index is 13.2. The van der Waals surface area contributed by atoms with Crippen LogP contribution in [0.15, 0.2) is 30.5 Å². The van der Waals surface area contributed by atoms with E-state index in [1.165, 1.54) is 0 Å². The number of amides is 3. The third kappa shape index (κ3) is 7.75. The Morgan fingerprint density at radius 3 is 2.29 bits per heavy atom. The van der Waals surface area contributed by atoms with Crippen molar-refractivity contribution in [2.24, 2.45) is 11.5 Å². The number of nitrogens with one attached hydrogen (secondary N) is 4. The average Bonchev–Trinajstić information content (AvgIpc) is 3.23. The molecule has 2 aromatic rings. The van der Waals surface area contributed by atoms with Crippen LogP contribution in [0.4, 0.5) is 0 Å². The predicted molar refractivity (Wildman–Crippen MR) is 131 cm³/mol. The molecule has 0 saturated carbocycles. The number of H-pyrrole nitrogens is 1. The van der Waals surface area contributed by atoms with Crippen molar-refractivity contribution in [2.45, 2.75) is 43.8 Å². The molecule has 0 radical (unpaired) electrons. The molecule has 1 heterocycles. The Morgan fingerprint density at radius 2 is 1.65 bits per heavy atom. The second-order valence-corrected chi connectivity index (χ2v) is 8.18. The first-order chi connectivity index (χ1) is 16.3. The molecular weight excluding hydrogens is 460 g/mol. The lowest BCUT2D eigenvalue weighted by atomic mass is 10.0. The van der Waals surface area contributed by atoms with Crippen molar-refractivity contribution in [3.05, 3.63) is 36.0 Å². The number of unbranched alkanes of at least 4 members (excludes halogenated alkanes) is 1. The Kier molecular flexibility index (Phi) is 10.8. The van der Waals surface area contributed by atoms with Gasteiger partial charge in [0.1, 0.15) is 18.1 Å². The number of carboxylic acid groups (broad SMARTS) is 1. The number of aromatic nitrogens is 1. The van der Waals surface area contributed by atoms with Crippen molar-refractivity contribution in [3.63, 3.8) is 0 Å². The first-order valence-electron chi connectivity index (χ1n) is 11.0. The molecule has 0 bridgehead atoms. The van der Waals surface area contributed by atoms with Crippen LogP contribution in [-0.2, 0) is 25.6 Å². The lowest BCUT2D eigenvalue weighted by Crippen LogP contribution is -2.56. The molecule has 2 rings (SSSR count). The molecule has 3 atom stereocenters. The van der Waals surface area contributed by atoms with Gasteiger partial charge in [-0.05, 0) is 37.4 Å². The zero-order chi connectivity index (χ0) is 25.1. The molecule has 186 valence electrons. The first-order valence-corrected chi connectivity index (χ1v) is 11.6. The van der Waals surface area contributed by atoms with Gasteiger partial charge in [0.25, 0.3) is 0 Å². The average molecular weight is 493 g/mol. The van der Waals surface area contributed by atoms with E-state index in [-0.39, 0.29) is 25.1 Å². The molecule has 0 saturated heterocycles. The summed E-state index contributed by atoms with van der Waals surface area (Å²) in [6.45, 7) is 0.104. The number of carboxylic acids is 1. The molecule has 11 nitrogen and oxygen atoms in total. The van der Waals surface area contributed by atoms with Gasteiger partial charge >= 0.3 is 5.97 Å². The molecule has 3 unspecified atom stereocenters. The molecular formula is C22H32N6O5S. The quantitative estimate of drug-likeness (QED) is 0.126. The minimum absolute atomic E-state index is 0.111. The summed E-state index contributed by atoms with van der Waals surface area (Å²) in [5.41, 5.74) is 12.6. The summed E-state index contributed by atoms with van der Waals surface area (Å²) >= 11 is 3.95. The summed E-state index contributed by atoms with van der Waals surface area (Å²) in [5.74, 6) is -3.10. The second-order valence-electron chi connectivity index (χ2n) is 7.82. The van der Waals surface area contributed by atoms with E-state index < -0.39 is 41.8 Å². The van der Waals surface area contributed by atoms with E-state index in [0.29, 0.717) is 19.4 Å². The van der Waals surface area contributed by atoms with Gasteiger partial charge in [-0.2, -0.15) is 12.6 Å². The van der Waals surface area contributed by atoms with E-state index in [1.54, 1.807) is 6.20 Å². The van der Waals surface area contributed by atoms with Crippen LogP contribution in [0.5, 0.6) is 0 Å². The summed E-state index contributed by atoms with van der Waals surface area (Å²) in [4.78, 5) is 52.4. The van der Waals surface area contributed by atoms with Gasteiger partial charge in [0.2, 0.25) is 17.7 Å². The maximum Gasteiger partial charge on any atom is 0.327 e. The van der Waals surface area contributed by atoms with Crippen LogP contribution in [0.25, 0.3) is 10.9 Å². The van der Waals surface area contributed by atoms with Gasteiger partial charge < -0.3 is 37.5 Å². The largest absolute Gasteiger partial charge is 0.480 e. The maximum absolute atomic E-state index is 13.2. The Hall–Kier alpha value is -3.09. The summed E-state index contributed by atoms with van der Waals surface area (Å²) < 4.78 is 0. The molecule has 34 heavy (non-hydrogen) atoms. The fraction of sp³-hybridized carbons (Fsp3) is 0.455. The van der Waals surface area contributed by atoms with E-state index in [2.05, 4.69) is 33.6 Å². The third-order valence-corrected chi connectivity index (χ3v) is 5.68. The highest BCUT2D eigenvalue weighted by molar-refractivity contribution is 7.80. The number of thiol groups is 1. The SMILES string of the molecule is NCCCCC(NC(=O)C(Cc1c[nH]c2ccccc12)NC(=O)CN)C(=O)NC(CS)C(=O)O. The Morgan fingerprint density at radius 1 is 0.971 bits per heavy atom. The number of nitrogens with two attached hydrogens (primary N) is 2. The predicted octanol–water partition coefficient (Wildman–Crippen LogP) is -0.733. The molecule has 0 spiro atoms. The fourth-order valence-corrected chi connectivity index (χ4v) is 3.72. The highest BCUT2D eigenvalue weighted by atomic mass is 32.1. The van der Waals surface area contributed by atoms with Crippen LogP contribution in [0.3, 0.4) is 0 Å². The first kappa shape index (κ1) is 27.2. The third-order valence-electron chi connectivity index (χ3n) is 5.31. The fourth-order valence-electron chi connectivity index (χ4n) is 3.47. The number of rotatable bonds is 14. The normalized spacial score (nSPS) is 13.6. The van der Waals surface area contributed by atoms with E-state index in [9.17, 15) is 24.3 Å². The monoisotopic (exact) mass is 492 g/mol. The number of aromatic amines is 1. The molecule has 1 aromatic heterocycles. The van der Waals surface area contributed by atoms with Gasteiger partial charge in [0, 0.05) is 29.3 Å². The van der Waals surface area contributed by atoms with E-state index in [1.807, 2.05) is 24.3 Å². The summed E-state index contributed by atoms with van der Waals surface area (Å²) in [5, 5.41) is 17.8. The van der Waals surface area contributed by atoms with Gasteiger partial charge in [0.15, 0.2) is 0 Å². The van der Waals surface area contributed by atoms with Crippen molar-refractivity contribution < 1.29 is 24.3 Å². The van der Waals surface area contributed by atoms with Crippen molar-refractivity contribution in [2.75, 3.05) is 18.8 Å². The number of hydrogen-bond donors (Lipinski definition) is 8. The van der Waals surface area contributed by atoms with E-state index >= 15 is 0 Å². The summed E-state index contributed by atoms with van der Waals surface area (Å²) in [7, 11) is 0. The summed E-state index contributed by atoms with van der Waals surface area (Å²) in [6, 6.07) is 4.32. The van der Waals surface area contributed by atoms with Crippen LogP contribution < -0.4 is 27.4 Å². The Bertz CT molecular complexity index is 997. The van der Waals surface area contributed by atoms with Crippen molar-refractivity contribution in [1.29, 1.82) is 0 Å². The Balaban J connectivity index is 2.21. The van der Waals surface area contributed by atoms with Gasteiger partial charge in [-0.3, -0.25) is 14.4 Å². The van der Waals surface area contributed by atoms with Gasteiger partial charge in [-0.1, -0.05) is 18.2 Å². The number of para-hydroxylation sites is 1. The summed E-state index contributed by atoms with van der Waals surface area (Å²) in [6.07, 6.45) is 3.33. The van der Waals surface area contributed by atoms with Crippen LogP contribution >= 0.6 is 12.6 Å². The number of benzene rings is 1. The molecule has 3 amide bonds.